The third kappa shape index (κ3) is 1.28. The highest BCUT2D eigenvalue weighted by Gasteiger charge is 2.04. The van der Waals surface area contributed by atoms with E-state index in [1.54, 1.807) is 12.1 Å². The molecule has 0 fully saturated rings. The molecule has 0 aliphatic carbocycles. The molecule has 0 atom stereocenters. The molecule has 3 nitrogen and oxygen atoms in total. The van der Waals surface area contributed by atoms with E-state index in [1.807, 2.05) is 0 Å². The standard InChI is InChI=1S/C7H8ClN3/c8-7-4(3-9)5(10)1-2-6(7)11/h1-3,9H,10-11H2. The first-order valence-electron chi connectivity index (χ1n) is 3.00. The zero-order valence-electron chi connectivity index (χ0n) is 5.76. The van der Waals surface area contributed by atoms with Crippen molar-refractivity contribution >= 4 is 29.2 Å². The summed E-state index contributed by atoms with van der Waals surface area (Å²) in [5, 5.41) is 7.32. The molecule has 0 unspecified atom stereocenters. The van der Waals surface area contributed by atoms with Crippen molar-refractivity contribution in [3.8, 4) is 0 Å². The molecule has 0 radical (unpaired) electrons. The highest BCUT2D eigenvalue weighted by Crippen LogP contribution is 2.26. The molecule has 0 saturated carbocycles. The van der Waals surface area contributed by atoms with Gasteiger partial charge in [0.05, 0.1) is 10.7 Å². The normalized spacial score (nSPS) is 9.55. The van der Waals surface area contributed by atoms with E-state index in [-0.39, 0.29) is 0 Å². The molecule has 0 aliphatic rings. The van der Waals surface area contributed by atoms with Crippen LogP contribution in [0.1, 0.15) is 5.56 Å². The van der Waals surface area contributed by atoms with Gasteiger partial charge in [-0.15, -0.1) is 0 Å². The maximum Gasteiger partial charge on any atom is 0.0743 e. The lowest BCUT2D eigenvalue weighted by Gasteiger charge is -2.03. The molecule has 1 aromatic carbocycles. The maximum absolute atomic E-state index is 6.98. The van der Waals surface area contributed by atoms with Crippen LogP contribution in [0.5, 0.6) is 0 Å². The molecule has 11 heavy (non-hydrogen) atoms. The van der Waals surface area contributed by atoms with Crippen molar-refractivity contribution in [3.05, 3.63) is 22.7 Å². The van der Waals surface area contributed by atoms with Crippen LogP contribution >= 0.6 is 11.6 Å². The van der Waals surface area contributed by atoms with Crippen LogP contribution in [-0.2, 0) is 0 Å². The van der Waals surface area contributed by atoms with Crippen LogP contribution in [0.4, 0.5) is 11.4 Å². The molecule has 1 rings (SSSR count). The topological polar surface area (TPSA) is 75.9 Å². The Kier molecular flexibility index (Phi) is 2.01. The summed E-state index contributed by atoms with van der Waals surface area (Å²) in [4.78, 5) is 0. The van der Waals surface area contributed by atoms with Crippen LogP contribution < -0.4 is 11.5 Å². The first-order valence-corrected chi connectivity index (χ1v) is 3.38. The largest absolute Gasteiger partial charge is 0.398 e. The zero-order valence-corrected chi connectivity index (χ0v) is 6.52. The predicted octanol–water partition coefficient (Wildman–Crippen LogP) is 1.50. The van der Waals surface area contributed by atoms with E-state index in [0.29, 0.717) is 22.0 Å². The van der Waals surface area contributed by atoms with Crippen molar-refractivity contribution in [1.82, 2.24) is 0 Å². The molecular formula is C7H8ClN3. The van der Waals surface area contributed by atoms with Gasteiger partial charge in [0.15, 0.2) is 0 Å². The molecule has 1 aromatic rings. The van der Waals surface area contributed by atoms with Gasteiger partial charge in [-0.1, -0.05) is 11.6 Å². The van der Waals surface area contributed by atoms with Gasteiger partial charge in [0.2, 0.25) is 0 Å². The van der Waals surface area contributed by atoms with E-state index in [1.165, 1.54) is 0 Å². The lowest BCUT2D eigenvalue weighted by molar-refractivity contribution is 1.53. The summed E-state index contributed by atoms with van der Waals surface area (Å²) in [6.45, 7) is 0. The van der Waals surface area contributed by atoms with E-state index >= 15 is 0 Å². The fourth-order valence-electron chi connectivity index (χ4n) is 0.771. The fourth-order valence-corrected chi connectivity index (χ4v) is 0.998. The molecule has 0 bridgehead atoms. The average Bonchev–Trinajstić information content (AvgIpc) is 1.99. The van der Waals surface area contributed by atoms with Crippen LogP contribution in [0, 0.1) is 5.41 Å². The van der Waals surface area contributed by atoms with E-state index in [4.69, 9.17) is 28.5 Å². The molecule has 5 N–H and O–H groups in total. The Morgan fingerprint density at radius 1 is 1.27 bits per heavy atom. The molecule has 0 spiro atoms. The van der Waals surface area contributed by atoms with Crippen molar-refractivity contribution in [1.29, 1.82) is 5.41 Å². The highest BCUT2D eigenvalue weighted by atomic mass is 35.5. The van der Waals surface area contributed by atoms with Crippen LogP contribution in [-0.4, -0.2) is 6.21 Å². The summed E-state index contributed by atoms with van der Waals surface area (Å²) in [7, 11) is 0. The molecule has 0 aromatic heterocycles. The van der Waals surface area contributed by atoms with Crippen LogP contribution in [0.25, 0.3) is 0 Å². The molecule has 0 saturated heterocycles. The van der Waals surface area contributed by atoms with Gasteiger partial charge < -0.3 is 16.9 Å². The van der Waals surface area contributed by atoms with Gasteiger partial charge in [-0.25, -0.2) is 0 Å². The van der Waals surface area contributed by atoms with Gasteiger partial charge in [0.1, 0.15) is 0 Å². The fraction of sp³-hybridized carbons (Fsp3) is 0. The van der Waals surface area contributed by atoms with Crippen molar-refractivity contribution in [3.63, 3.8) is 0 Å². The van der Waals surface area contributed by atoms with Gasteiger partial charge in [0.25, 0.3) is 0 Å². The monoisotopic (exact) mass is 169 g/mol. The molecule has 0 amide bonds. The molecule has 0 heterocycles. The highest BCUT2D eigenvalue weighted by molar-refractivity contribution is 6.36. The summed E-state index contributed by atoms with van der Waals surface area (Å²) in [5.41, 5.74) is 12.4. The number of rotatable bonds is 1. The van der Waals surface area contributed by atoms with Crippen molar-refractivity contribution in [2.45, 2.75) is 0 Å². The number of hydrogen-bond acceptors (Lipinski definition) is 3. The minimum absolute atomic E-state index is 0.347. The van der Waals surface area contributed by atoms with E-state index in [9.17, 15) is 0 Å². The van der Waals surface area contributed by atoms with Gasteiger partial charge in [-0.05, 0) is 12.1 Å². The zero-order chi connectivity index (χ0) is 8.43. The summed E-state index contributed by atoms with van der Waals surface area (Å²) in [5.74, 6) is 0. The van der Waals surface area contributed by atoms with E-state index < -0.39 is 0 Å². The maximum atomic E-state index is 6.98. The van der Waals surface area contributed by atoms with Crippen LogP contribution in [0.15, 0.2) is 12.1 Å². The van der Waals surface area contributed by atoms with Gasteiger partial charge in [-0.2, -0.15) is 0 Å². The number of nitrogens with one attached hydrogen (secondary N) is 1. The number of nitrogens with two attached hydrogens (primary N) is 2. The number of hydrogen-bond donors (Lipinski definition) is 3. The van der Waals surface area contributed by atoms with Gasteiger partial charge in [-0.3, -0.25) is 0 Å². The van der Waals surface area contributed by atoms with Crippen LogP contribution in [0.3, 0.4) is 0 Å². The Labute approximate surface area is 69.5 Å². The summed E-state index contributed by atoms with van der Waals surface area (Å²) in [6.07, 6.45) is 1.09. The minimum Gasteiger partial charge on any atom is -0.398 e. The predicted molar refractivity (Wildman–Crippen MR) is 48.2 cm³/mol. The second-order valence-corrected chi connectivity index (χ2v) is 2.49. The molecule has 58 valence electrons. The SMILES string of the molecule is N=Cc1c(N)ccc(N)c1Cl. The third-order valence-electron chi connectivity index (χ3n) is 1.39. The van der Waals surface area contributed by atoms with Crippen molar-refractivity contribution in [2.24, 2.45) is 0 Å². The van der Waals surface area contributed by atoms with Crippen LogP contribution in [0.2, 0.25) is 5.02 Å². The first kappa shape index (κ1) is 7.88. The second-order valence-electron chi connectivity index (χ2n) is 2.12. The quantitative estimate of drug-likeness (QED) is 0.440. The molecule has 4 heteroatoms. The number of nitrogen functional groups attached to an aromatic ring is 2. The summed E-state index contributed by atoms with van der Waals surface area (Å²) in [6, 6.07) is 3.24. The summed E-state index contributed by atoms with van der Waals surface area (Å²) >= 11 is 5.74. The number of halogens is 1. The number of benzene rings is 1. The third-order valence-corrected chi connectivity index (χ3v) is 1.81. The van der Waals surface area contributed by atoms with Crippen molar-refractivity contribution < 1.29 is 0 Å². The molecular weight excluding hydrogens is 162 g/mol. The first-order chi connectivity index (χ1) is 5.16. The Morgan fingerprint density at radius 2 is 1.82 bits per heavy atom. The minimum atomic E-state index is 0.347. The van der Waals surface area contributed by atoms with Crippen molar-refractivity contribution in [2.75, 3.05) is 11.5 Å². The smallest absolute Gasteiger partial charge is 0.0743 e. The van der Waals surface area contributed by atoms with E-state index in [0.717, 1.165) is 6.21 Å². The lowest BCUT2D eigenvalue weighted by atomic mass is 10.2. The van der Waals surface area contributed by atoms with Gasteiger partial charge in [0, 0.05) is 17.5 Å². The Balaban J connectivity index is 3.40. The second kappa shape index (κ2) is 2.80. The Hall–Kier alpha value is -1.22. The summed E-state index contributed by atoms with van der Waals surface area (Å²) < 4.78 is 0. The average molecular weight is 170 g/mol. The lowest BCUT2D eigenvalue weighted by Crippen LogP contribution is -1.97. The van der Waals surface area contributed by atoms with Gasteiger partial charge >= 0.3 is 0 Å². The Morgan fingerprint density at radius 3 is 2.27 bits per heavy atom. The Bertz CT molecular complexity index is 296. The number of anilines is 2. The van der Waals surface area contributed by atoms with E-state index in [2.05, 4.69) is 0 Å². The molecule has 0 aliphatic heterocycles.